The van der Waals surface area contributed by atoms with Gasteiger partial charge in [-0.05, 0) is 18.9 Å². The summed E-state index contributed by atoms with van der Waals surface area (Å²) < 4.78 is 0. The SMILES string of the molecule is Cc1ccc(CCNC(=O)C(C)(C)CC(=O)O)cc1. The summed E-state index contributed by atoms with van der Waals surface area (Å²) in [6, 6.07) is 8.13. The van der Waals surface area contributed by atoms with Crippen molar-refractivity contribution in [2.45, 2.75) is 33.6 Å². The zero-order valence-electron chi connectivity index (χ0n) is 11.7. The standard InChI is InChI=1S/C15H21NO3/c1-11-4-6-12(7-5-11)8-9-16-14(19)15(2,3)10-13(17)18/h4-7H,8-10H2,1-3H3,(H,16,19)(H,17,18). The van der Waals surface area contributed by atoms with Crippen molar-refractivity contribution in [3.05, 3.63) is 35.4 Å². The number of aliphatic carboxylic acids is 1. The van der Waals surface area contributed by atoms with E-state index in [9.17, 15) is 9.59 Å². The molecule has 0 aliphatic heterocycles. The average molecular weight is 263 g/mol. The Kier molecular flexibility index (Phi) is 5.10. The van der Waals surface area contributed by atoms with Crippen LogP contribution in [0.15, 0.2) is 24.3 Å². The maximum atomic E-state index is 11.9. The highest BCUT2D eigenvalue weighted by atomic mass is 16.4. The highest BCUT2D eigenvalue weighted by molar-refractivity contribution is 5.86. The van der Waals surface area contributed by atoms with Crippen molar-refractivity contribution in [3.8, 4) is 0 Å². The largest absolute Gasteiger partial charge is 0.481 e. The number of carbonyl (C=O) groups excluding carboxylic acids is 1. The Morgan fingerprint density at radius 1 is 1.21 bits per heavy atom. The molecule has 2 N–H and O–H groups in total. The minimum atomic E-state index is -0.960. The van der Waals surface area contributed by atoms with Crippen molar-refractivity contribution < 1.29 is 14.7 Å². The maximum Gasteiger partial charge on any atom is 0.304 e. The molecular formula is C15H21NO3. The van der Waals surface area contributed by atoms with Crippen molar-refractivity contribution in [1.29, 1.82) is 0 Å². The molecule has 0 saturated carbocycles. The highest BCUT2D eigenvalue weighted by Gasteiger charge is 2.29. The van der Waals surface area contributed by atoms with E-state index in [1.165, 1.54) is 5.56 Å². The van der Waals surface area contributed by atoms with Gasteiger partial charge >= 0.3 is 5.97 Å². The monoisotopic (exact) mass is 263 g/mol. The highest BCUT2D eigenvalue weighted by Crippen LogP contribution is 2.20. The van der Waals surface area contributed by atoms with Gasteiger partial charge in [-0.3, -0.25) is 9.59 Å². The second-order valence-corrected chi connectivity index (χ2v) is 5.45. The number of nitrogens with one attached hydrogen (secondary N) is 1. The molecule has 0 bridgehead atoms. The first-order valence-corrected chi connectivity index (χ1v) is 6.37. The lowest BCUT2D eigenvalue weighted by atomic mass is 9.88. The van der Waals surface area contributed by atoms with E-state index < -0.39 is 11.4 Å². The fraction of sp³-hybridized carbons (Fsp3) is 0.467. The van der Waals surface area contributed by atoms with E-state index in [1.807, 2.05) is 31.2 Å². The van der Waals surface area contributed by atoms with Crippen molar-refractivity contribution >= 4 is 11.9 Å². The Morgan fingerprint density at radius 3 is 2.32 bits per heavy atom. The summed E-state index contributed by atoms with van der Waals surface area (Å²) in [5.74, 6) is -1.18. The van der Waals surface area contributed by atoms with Crippen molar-refractivity contribution in [3.63, 3.8) is 0 Å². The molecule has 4 nitrogen and oxygen atoms in total. The first-order chi connectivity index (χ1) is 8.81. The molecule has 0 fully saturated rings. The lowest BCUT2D eigenvalue weighted by Crippen LogP contribution is -2.39. The van der Waals surface area contributed by atoms with Gasteiger partial charge < -0.3 is 10.4 Å². The van der Waals surface area contributed by atoms with Gasteiger partial charge in [0.05, 0.1) is 11.8 Å². The Balaban J connectivity index is 2.42. The van der Waals surface area contributed by atoms with E-state index in [0.717, 1.165) is 12.0 Å². The van der Waals surface area contributed by atoms with Gasteiger partial charge in [0.15, 0.2) is 0 Å². The molecule has 0 spiro atoms. The predicted molar refractivity (Wildman–Crippen MR) is 73.9 cm³/mol. The van der Waals surface area contributed by atoms with Crippen LogP contribution in [0.5, 0.6) is 0 Å². The second-order valence-electron chi connectivity index (χ2n) is 5.45. The molecule has 1 aromatic carbocycles. The maximum absolute atomic E-state index is 11.9. The minimum Gasteiger partial charge on any atom is -0.481 e. The van der Waals surface area contributed by atoms with Gasteiger partial charge in [-0.25, -0.2) is 0 Å². The van der Waals surface area contributed by atoms with Gasteiger partial charge in [-0.1, -0.05) is 43.7 Å². The molecule has 1 aromatic rings. The first-order valence-electron chi connectivity index (χ1n) is 6.37. The van der Waals surface area contributed by atoms with Crippen LogP contribution in [0.3, 0.4) is 0 Å². The second kappa shape index (κ2) is 6.36. The van der Waals surface area contributed by atoms with Crippen LogP contribution in [0, 0.1) is 12.3 Å². The van der Waals surface area contributed by atoms with Crippen LogP contribution in [0.1, 0.15) is 31.4 Å². The van der Waals surface area contributed by atoms with E-state index in [2.05, 4.69) is 5.32 Å². The van der Waals surface area contributed by atoms with Crippen LogP contribution in [0.2, 0.25) is 0 Å². The van der Waals surface area contributed by atoms with E-state index >= 15 is 0 Å². The van der Waals surface area contributed by atoms with E-state index in [0.29, 0.717) is 6.54 Å². The Bertz CT molecular complexity index is 449. The summed E-state index contributed by atoms with van der Waals surface area (Å²) >= 11 is 0. The number of benzene rings is 1. The molecule has 0 atom stereocenters. The zero-order chi connectivity index (χ0) is 14.5. The molecule has 0 saturated heterocycles. The van der Waals surface area contributed by atoms with Crippen LogP contribution in [-0.4, -0.2) is 23.5 Å². The number of carboxylic acid groups (broad SMARTS) is 1. The molecule has 1 amide bonds. The number of hydrogen-bond donors (Lipinski definition) is 2. The van der Waals surface area contributed by atoms with E-state index in [-0.39, 0.29) is 12.3 Å². The number of amides is 1. The van der Waals surface area contributed by atoms with Crippen LogP contribution in [0.25, 0.3) is 0 Å². The van der Waals surface area contributed by atoms with Gasteiger partial charge in [-0.15, -0.1) is 0 Å². The predicted octanol–water partition coefficient (Wildman–Crippen LogP) is 2.15. The lowest BCUT2D eigenvalue weighted by Gasteiger charge is -2.21. The van der Waals surface area contributed by atoms with E-state index in [4.69, 9.17) is 5.11 Å². The van der Waals surface area contributed by atoms with Crippen LogP contribution in [0.4, 0.5) is 0 Å². The van der Waals surface area contributed by atoms with Crippen molar-refractivity contribution in [2.75, 3.05) is 6.54 Å². The van der Waals surface area contributed by atoms with Crippen molar-refractivity contribution in [2.24, 2.45) is 5.41 Å². The Labute approximate surface area is 113 Å². The summed E-state index contributed by atoms with van der Waals surface area (Å²) in [4.78, 5) is 22.5. The van der Waals surface area contributed by atoms with E-state index in [1.54, 1.807) is 13.8 Å². The quantitative estimate of drug-likeness (QED) is 0.826. The van der Waals surface area contributed by atoms with Gasteiger partial charge in [0.25, 0.3) is 0 Å². The smallest absolute Gasteiger partial charge is 0.304 e. The zero-order valence-corrected chi connectivity index (χ0v) is 11.7. The number of aryl methyl sites for hydroxylation is 1. The van der Waals surface area contributed by atoms with Gasteiger partial charge in [0, 0.05) is 6.54 Å². The molecule has 0 aliphatic carbocycles. The van der Waals surface area contributed by atoms with Crippen molar-refractivity contribution in [1.82, 2.24) is 5.32 Å². The molecule has 0 unspecified atom stereocenters. The molecule has 19 heavy (non-hydrogen) atoms. The molecular weight excluding hydrogens is 242 g/mol. The number of carboxylic acids is 1. The molecule has 0 heterocycles. The Hall–Kier alpha value is -1.84. The third-order valence-corrected chi connectivity index (χ3v) is 3.03. The van der Waals surface area contributed by atoms with Gasteiger partial charge in [0.1, 0.15) is 0 Å². The summed E-state index contributed by atoms with van der Waals surface area (Å²) in [5, 5.41) is 11.5. The molecule has 0 radical (unpaired) electrons. The normalized spacial score (nSPS) is 11.1. The summed E-state index contributed by atoms with van der Waals surface area (Å²) in [5.41, 5.74) is 1.48. The molecule has 0 aromatic heterocycles. The number of carbonyl (C=O) groups is 2. The molecule has 4 heteroatoms. The fourth-order valence-electron chi connectivity index (χ4n) is 1.77. The lowest BCUT2D eigenvalue weighted by molar-refractivity contribution is -0.144. The third kappa shape index (κ3) is 5.12. The first kappa shape index (κ1) is 15.2. The Morgan fingerprint density at radius 2 is 1.79 bits per heavy atom. The summed E-state index contributed by atoms with van der Waals surface area (Å²) in [6.45, 7) is 5.83. The summed E-state index contributed by atoms with van der Waals surface area (Å²) in [7, 11) is 0. The molecule has 104 valence electrons. The number of rotatable bonds is 6. The number of hydrogen-bond acceptors (Lipinski definition) is 2. The van der Waals surface area contributed by atoms with Crippen LogP contribution in [-0.2, 0) is 16.0 Å². The average Bonchev–Trinajstić information content (AvgIpc) is 2.30. The minimum absolute atomic E-state index is 0.163. The van der Waals surface area contributed by atoms with Crippen LogP contribution < -0.4 is 5.32 Å². The van der Waals surface area contributed by atoms with Gasteiger partial charge in [0.2, 0.25) is 5.91 Å². The topological polar surface area (TPSA) is 66.4 Å². The molecule has 1 rings (SSSR count). The van der Waals surface area contributed by atoms with Crippen LogP contribution >= 0.6 is 0 Å². The summed E-state index contributed by atoms with van der Waals surface area (Å²) in [6.07, 6.45) is 0.582. The molecule has 0 aliphatic rings. The van der Waals surface area contributed by atoms with Gasteiger partial charge in [-0.2, -0.15) is 0 Å². The fourth-order valence-corrected chi connectivity index (χ4v) is 1.77. The third-order valence-electron chi connectivity index (χ3n) is 3.03.